The van der Waals surface area contributed by atoms with Gasteiger partial charge in [-0.1, -0.05) is 35.6 Å². The van der Waals surface area contributed by atoms with Crippen LogP contribution in [0.1, 0.15) is 44.9 Å². The number of allylic oxidation sites excluding steroid dienone is 1. The van der Waals surface area contributed by atoms with Crippen molar-refractivity contribution in [1.29, 1.82) is 0 Å². The SMILES string of the molecule is CCOC(=O)C1=C(C)N=c2s/c(=C/c3ccc(OCC(=O)O)c(OC)c3)c(=O)n2[C@@H]1c1ccccc1OC(C)C. The fraction of sp³-hybridized carbons (Fsp3) is 0.310. The lowest BCUT2D eigenvalue weighted by Crippen LogP contribution is -2.40. The molecular weight excluding hydrogens is 536 g/mol. The molecule has 0 fully saturated rings. The van der Waals surface area contributed by atoms with E-state index in [4.69, 9.17) is 24.1 Å². The Balaban J connectivity index is 1.89. The van der Waals surface area contributed by atoms with Crippen LogP contribution in [0.15, 0.2) is 63.5 Å². The minimum Gasteiger partial charge on any atom is -0.493 e. The van der Waals surface area contributed by atoms with Crippen LogP contribution in [0.5, 0.6) is 17.2 Å². The van der Waals surface area contributed by atoms with Crippen molar-refractivity contribution in [3.05, 3.63) is 84.5 Å². The molecule has 1 aliphatic heterocycles. The Morgan fingerprint density at radius 2 is 1.90 bits per heavy atom. The summed E-state index contributed by atoms with van der Waals surface area (Å²) in [5.41, 5.74) is 1.65. The third-order valence-corrected chi connectivity index (χ3v) is 6.91. The van der Waals surface area contributed by atoms with Crippen LogP contribution in [0.4, 0.5) is 0 Å². The first-order valence-electron chi connectivity index (χ1n) is 12.6. The van der Waals surface area contributed by atoms with Crippen LogP contribution in [0.2, 0.25) is 0 Å². The zero-order chi connectivity index (χ0) is 29.0. The average molecular weight is 567 g/mol. The molecule has 3 aromatic rings. The topological polar surface area (TPSA) is 126 Å². The number of rotatable bonds is 10. The Morgan fingerprint density at radius 3 is 2.58 bits per heavy atom. The zero-order valence-electron chi connectivity index (χ0n) is 22.8. The lowest BCUT2D eigenvalue weighted by Gasteiger charge is -2.26. The lowest BCUT2D eigenvalue weighted by atomic mass is 9.95. The van der Waals surface area contributed by atoms with Crippen molar-refractivity contribution in [2.45, 2.75) is 39.8 Å². The summed E-state index contributed by atoms with van der Waals surface area (Å²) in [7, 11) is 1.44. The Morgan fingerprint density at radius 1 is 1.15 bits per heavy atom. The number of thiazole rings is 1. The molecule has 1 N–H and O–H groups in total. The zero-order valence-corrected chi connectivity index (χ0v) is 23.6. The maximum absolute atomic E-state index is 13.9. The van der Waals surface area contributed by atoms with Gasteiger partial charge in [0.05, 0.1) is 35.6 Å². The molecular formula is C29H30N2O8S. The Hall–Kier alpha value is -4.38. The number of methoxy groups -OCH3 is 1. The first-order chi connectivity index (χ1) is 19.1. The van der Waals surface area contributed by atoms with Gasteiger partial charge in [-0.25, -0.2) is 14.6 Å². The summed E-state index contributed by atoms with van der Waals surface area (Å²) in [6, 6.07) is 11.4. The number of carboxylic acid groups (broad SMARTS) is 1. The summed E-state index contributed by atoms with van der Waals surface area (Å²) in [6.07, 6.45) is 1.55. The minimum atomic E-state index is -1.11. The van der Waals surface area contributed by atoms with E-state index in [9.17, 15) is 14.4 Å². The predicted molar refractivity (Wildman–Crippen MR) is 149 cm³/mol. The Kier molecular flexibility index (Phi) is 8.73. The number of hydrogen-bond donors (Lipinski definition) is 1. The molecule has 0 saturated carbocycles. The highest BCUT2D eigenvalue weighted by Gasteiger charge is 2.35. The highest BCUT2D eigenvalue weighted by molar-refractivity contribution is 7.07. The highest BCUT2D eigenvalue weighted by atomic mass is 32.1. The van der Waals surface area contributed by atoms with Crippen LogP contribution in [0, 0.1) is 0 Å². The van der Waals surface area contributed by atoms with Gasteiger partial charge in [-0.15, -0.1) is 0 Å². The number of carbonyl (C=O) groups excluding carboxylic acids is 1. The molecule has 0 aliphatic carbocycles. The van der Waals surface area contributed by atoms with Crippen LogP contribution in [0.25, 0.3) is 6.08 Å². The molecule has 1 atom stereocenters. The van der Waals surface area contributed by atoms with Crippen molar-refractivity contribution in [1.82, 2.24) is 4.57 Å². The number of nitrogens with zero attached hydrogens (tertiary/aromatic N) is 2. The first-order valence-corrected chi connectivity index (χ1v) is 13.4. The smallest absolute Gasteiger partial charge is 0.341 e. The number of aliphatic carboxylic acids is 1. The number of para-hydroxylation sites is 1. The molecule has 0 unspecified atom stereocenters. The van der Waals surface area contributed by atoms with E-state index in [1.54, 1.807) is 38.1 Å². The third kappa shape index (κ3) is 5.94. The standard InChI is InChI=1S/C29H30N2O8S/c1-6-37-28(35)25-17(4)30-29-31(26(25)19-9-7-8-10-20(19)39-16(2)3)27(34)23(40-29)14-18-11-12-21(22(13-18)36-5)38-15-24(32)33/h7-14,16,26H,6,15H2,1-5H3,(H,32,33)/b23-14+/t26-/m1/s1. The number of aromatic nitrogens is 1. The molecule has 0 saturated heterocycles. The largest absolute Gasteiger partial charge is 0.493 e. The van der Waals surface area contributed by atoms with Crippen LogP contribution in [0.3, 0.4) is 0 Å². The molecule has 1 aromatic heterocycles. The van der Waals surface area contributed by atoms with Gasteiger partial charge in [0, 0.05) is 5.56 Å². The molecule has 4 rings (SSSR count). The Bertz CT molecular complexity index is 1650. The maximum Gasteiger partial charge on any atom is 0.341 e. The van der Waals surface area contributed by atoms with Crippen molar-refractivity contribution < 1.29 is 33.6 Å². The van der Waals surface area contributed by atoms with Gasteiger partial charge in [0.1, 0.15) is 11.8 Å². The van der Waals surface area contributed by atoms with Crippen molar-refractivity contribution in [2.75, 3.05) is 20.3 Å². The Labute approximate surface area is 234 Å². The third-order valence-electron chi connectivity index (χ3n) is 5.93. The summed E-state index contributed by atoms with van der Waals surface area (Å²) in [4.78, 5) is 43.0. The lowest BCUT2D eigenvalue weighted by molar-refractivity contribution is -0.140. The molecule has 1 aliphatic rings. The second-order valence-electron chi connectivity index (χ2n) is 9.10. The number of fused-ring (bicyclic) bond motifs is 1. The molecule has 2 aromatic carbocycles. The monoisotopic (exact) mass is 566 g/mol. The van der Waals surface area contributed by atoms with E-state index >= 15 is 0 Å². The fourth-order valence-electron chi connectivity index (χ4n) is 4.34. The number of carbonyl (C=O) groups is 2. The number of ether oxygens (including phenoxy) is 4. The number of carboxylic acids is 1. The second-order valence-corrected chi connectivity index (χ2v) is 10.1. The van der Waals surface area contributed by atoms with E-state index in [-0.39, 0.29) is 29.6 Å². The van der Waals surface area contributed by atoms with Crippen molar-refractivity contribution in [3.8, 4) is 17.2 Å². The van der Waals surface area contributed by atoms with Crippen LogP contribution >= 0.6 is 11.3 Å². The summed E-state index contributed by atoms with van der Waals surface area (Å²) < 4.78 is 23.9. The summed E-state index contributed by atoms with van der Waals surface area (Å²) in [6.45, 7) is 6.91. The normalized spacial score (nSPS) is 14.9. The van der Waals surface area contributed by atoms with Crippen molar-refractivity contribution >= 4 is 29.4 Å². The minimum absolute atomic E-state index is 0.134. The van der Waals surface area contributed by atoms with E-state index in [0.717, 1.165) is 0 Å². The number of benzene rings is 2. The van der Waals surface area contributed by atoms with E-state index in [1.807, 2.05) is 38.1 Å². The molecule has 11 heteroatoms. The molecule has 40 heavy (non-hydrogen) atoms. The summed E-state index contributed by atoms with van der Waals surface area (Å²) in [5, 5.41) is 8.91. The van der Waals surface area contributed by atoms with E-state index < -0.39 is 24.6 Å². The average Bonchev–Trinajstić information content (AvgIpc) is 3.21. The van der Waals surface area contributed by atoms with E-state index in [2.05, 4.69) is 4.99 Å². The second kappa shape index (κ2) is 12.2. The molecule has 210 valence electrons. The van der Waals surface area contributed by atoms with Crippen LogP contribution in [-0.4, -0.2) is 48.0 Å². The van der Waals surface area contributed by atoms with Gasteiger partial charge in [-0.3, -0.25) is 9.36 Å². The van der Waals surface area contributed by atoms with Crippen molar-refractivity contribution in [2.24, 2.45) is 4.99 Å². The van der Waals surface area contributed by atoms with Gasteiger partial charge < -0.3 is 24.1 Å². The molecule has 0 spiro atoms. The van der Waals surface area contributed by atoms with E-state index in [1.165, 1.54) is 23.0 Å². The van der Waals surface area contributed by atoms with Gasteiger partial charge in [-0.2, -0.15) is 0 Å². The van der Waals surface area contributed by atoms with Gasteiger partial charge in [-0.05, 0) is 57.5 Å². The number of hydrogen-bond acceptors (Lipinski definition) is 9. The molecule has 10 nitrogen and oxygen atoms in total. The molecule has 0 radical (unpaired) electrons. The fourth-order valence-corrected chi connectivity index (χ4v) is 5.38. The first kappa shape index (κ1) is 28.6. The summed E-state index contributed by atoms with van der Waals surface area (Å²) in [5.74, 6) is -0.528. The van der Waals surface area contributed by atoms with Gasteiger partial charge in [0.15, 0.2) is 22.9 Å². The van der Waals surface area contributed by atoms with Crippen molar-refractivity contribution in [3.63, 3.8) is 0 Å². The molecule has 0 amide bonds. The van der Waals surface area contributed by atoms with Gasteiger partial charge in [0.2, 0.25) is 0 Å². The maximum atomic E-state index is 13.9. The molecule has 0 bridgehead atoms. The quantitative estimate of drug-likeness (QED) is 0.371. The van der Waals surface area contributed by atoms with Gasteiger partial charge >= 0.3 is 11.9 Å². The van der Waals surface area contributed by atoms with Gasteiger partial charge in [0.25, 0.3) is 5.56 Å². The summed E-state index contributed by atoms with van der Waals surface area (Å²) >= 11 is 1.19. The van der Waals surface area contributed by atoms with Crippen LogP contribution in [-0.2, 0) is 14.3 Å². The molecule has 2 heterocycles. The predicted octanol–water partition coefficient (Wildman–Crippen LogP) is 3.06. The van der Waals surface area contributed by atoms with E-state index in [0.29, 0.717) is 37.7 Å². The highest BCUT2D eigenvalue weighted by Crippen LogP contribution is 2.36. The van der Waals surface area contributed by atoms with Crippen LogP contribution < -0.4 is 29.1 Å². The number of esters is 1.